The number of pyridine rings is 1. The molecule has 0 aliphatic rings. The number of amides is 1. The molecule has 0 atom stereocenters. The van der Waals surface area contributed by atoms with E-state index in [0.29, 0.717) is 5.56 Å². The molecule has 2 aromatic heterocycles. The number of hydrogen-bond donors (Lipinski definition) is 2. The monoisotopic (exact) mass is 251 g/mol. The Bertz CT molecular complexity index is 760. The molecule has 0 saturated heterocycles. The largest absolute Gasteiger partial charge is 0.366 e. The molecule has 0 bridgehead atoms. The maximum absolute atomic E-state index is 11.5. The van der Waals surface area contributed by atoms with Crippen LogP contribution in [0, 0.1) is 6.92 Å². The third kappa shape index (κ3) is 1.78. The second-order valence-corrected chi connectivity index (χ2v) is 4.46. The van der Waals surface area contributed by atoms with Gasteiger partial charge in [-0.2, -0.15) is 0 Å². The smallest absolute Gasteiger partial charge is 0.251 e. The number of rotatable bonds is 2. The fourth-order valence-corrected chi connectivity index (χ4v) is 2.43. The van der Waals surface area contributed by atoms with E-state index in [1.54, 1.807) is 12.4 Å². The SMILES string of the molecule is Cc1[nH]c2c(-c3cccnc3)cccc2c1C(N)=O. The highest BCUT2D eigenvalue weighted by Crippen LogP contribution is 2.30. The first kappa shape index (κ1) is 11.5. The van der Waals surface area contributed by atoms with E-state index in [2.05, 4.69) is 9.97 Å². The molecule has 0 fully saturated rings. The van der Waals surface area contributed by atoms with Crippen LogP contribution in [0.5, 0.6) is 0 Å². The summed E-state index contributed by atoms with van der Waals surface area (Å²) in [5.74, 6) is -0.410. The van der Waals surface area contributed by atoms with Crippen LogP contribution in [0.1, 0.15) is 16.1 Å². The highest BCUT2D eigenvalue weighted by atomic mass is 16.1. The minimum absolute atomic E-state index is 0.410. The number of hydrogen-bond acceptors (Lipinski definition) is 2. The highest BCUT2D eigenvalue weighted by molar-refractivity contribution is 6.10. The van der Waals surface area contributed by atoms with Gasteiger partial charge in [0.15, 0.2) is 0 Å². The first-order chi connectivity index (χ1) is 9.18. The first-order valence-corrected chi connectivity index (χ1v) is 6.00. The number of para-hydroxylation sites is 1. The van der Waals surface area contributed by atoms with Crippen molar-refractivity contribution in [1.82, 2.24) is 9.97 Å². The summed E-state index contributed by atoms with van der Waals surface area (Å²) in [6.45, 7) is 1.85. The summed E-state index contributed by atoms with van der Waals surface area (Å²) in [4.78, 5) is 18.9. The van der Waals surface area contributed by atoms with Gasteiger partial charge in [-0.1, -0.05) is 24.3 Å². The number of benzene rings is 1. The summed E-state index contributed by atoms with van der Waals surface area (Å²) in [7, 11) is 0. The van der Waals surface area contributed by atoms with E-state index >= 15 is 0 Å². The number of primary amides is 1. The fourth-order valence-electron chi connectivity index (χ4n) is 2.43. The van der Waals surface area contributed by atoms with Gasteiger partial charge >= 0.3 is 0 Å². The summed E-state index contributed by atoms with van der Waals surface area (Å²) in [5, 5.41) is 0.853. The fraction of sp³-hybridized carbons (Fsp3) is 0.0667. The van der Waals surface area contributed by atoms with E-state index in [9.17, 15) is 4.79 Å². The van der Waals surface area contributed by atoms with Crippen LogP contribution in [0.15, 0.2) is 42.7 Å². The molecule has 0 radical (unpaired) electrons. The van der Waals surface area contributed by atoms with Crippen molar-refractivity contribution in [3.63, 3.8) is 0 Å². The summed E-state index contributed by atoms with van der Waals surface area (Å²) >= 11 is 0. The van der Waals surface area contributed by atoms with Crippen LogP contribution in [0.4, 0.5) is 0 Å². The highest BCUT2D eigenvalue weighted by Gasteiger charge is 2.15. The Balaban J connectivity index is 2.34. The Morgan fingerprint density at radius 2 is 2.11 bits per heavy atom. The van der Waals surface area contributed by atoms with Crippen molar-refractivity contribution in [3.05, 3.63) is 54.0 Å². The lowest BCUT2D eigenvalue weighted by atomic mass is 10.0. The third-order valence-corrected chi connectivity index (χ3v) is 3.24. The van der Waals surface area contributed by atoms with Crippen LogP contribution < -0.4 is 5.73 Å². The van der Waals surface area contributed by atoms with Crippen LogP contribution >= 0.6 is 0 Å². The van der Waals surface area contributed by atoms with Crippen LogP contribution in [0.3, 0.4) is 0 Å². The van der Waals surface area contributed by atoms with E-state index in [4.69, 9.17) is 5.73 Å². The topological polar surface area (TPSA) is 71.8 Å². The second kappa shape index (κ2) is 4.24. The Hall–Kier alpha value is -2.62. The zero-order valence-electron chi connectivity index (χ0n) is 10.5. The van der Waals surface area contributed by atoms with E-state index in [-0.39, 0.29) is 0 Å². The Kier molecular flexibility index (Phi) is 2.56. The molecule has 0 saturated carbocycles. The van der Waals surface area contributed by atoms with Crippen molar-refractivity contribution in [3.8, 4) is 11.1 Å². The van der Waals surface area contributed by atoms with Gasteiger partial charge in [-0.3, -0.25) is 9.78 Å². The molecular formula is C15H13N3O. The van der Waals surface area contributed by atoms with Crippen molar-refractivity contribution < 1.29 is 4.79 Å². The molecule has 0 aliphatic carbocycles. The van der Waals surface area contributed by atoms with Gasteiger partial charge in [0.2, 0.25) is 0 Å². The van der Waals surface area contributed by atoms with Gasteiger partial charge in [-0.15, -0.1) is 0 Å². The number of H-pyrrole nitrogens is 1. The summed E-state index contributed by atoms with van der Waals surface area (Å²) in [6, 6.07) is 9.70. The van der Waals surface area contributed by atoms with Crippen molar-refractivity contribution in [2.45, 2.75) is 6.92 Å². The maximum atomic E-state index is 11.5. The molecule has 0 aliphatic heterocycles. The number of carbonyl (C=O) groups excluding carboxylic acids is 1. The van der Waals surface area contributed by atoms with Crippen LogP contribution in [-0.4, -0.2) is 15.9 Å². The first-order valence-electron chi connectivity index (χ1n) is 6.00. The Labute approximate surface area is 110 Å². The average Bonchev–Trinajstić information content (AvgIpc) is 2.75. The molecule has 0 unspecified atom stereocenters. The van der Waals surface area contributed by atoms with Gasteiger partial charge in [0, 0.05) is 34.6 Å². The predicted molar refractivity (Wildman–Crippen MR) is 74.8 cm³/mol. The number of carbonyl (C=O) groups is 1. The van der Waals surface area contributed by atoms with Gasteiger partial charge in [0.1, 0.15) is 0 Å². The third-order valence-electron chi connectivity index (χ3n) is 3.24. The molecule has 4 nitrogen and oxygen atoms in total. The molecule has 3 N–H and O–H groups in total. The van der Waals surface area contributed by atoms with E-state index in [1.165, 1.54) is 0 Å². The molecule has 3 rings (SSSR count). The van der Waals surface area contributed by atoms with E-state index < -0.39 is 5.91 Å². The number of nitrogens with zero attached hydrogens (tertiary/aromatic N) is 1. The maximum Gasteiger partial charge on any atom is 0.251 e. The molecule has 4 heteroatoms. The van der Waals surface area contributed by atoms with Crippen molar-refractivity contribution in [1.29, 1.82) is 0 Å². The minimum atomic E-state index is -0.410. The van der Waals surface area contributed by atoms with Crippen LogP contribution in [0.25, 0.3) is 22.0 Å². The van der Waals surface area contributed by atoms with E-state index in [1.807, 2.05) is 37.3 Å². The lowest BCUT2D eigenvalue weighted by molar-refractivity contribution is 0.100. The minimum Gasteiger partial charge on any atom is -0.366 e. The number of fused-ring (bicyclic) bond motifs is 1. The number of aromatic nitrogens is 2. The molecule has 94 valence electrons. The standard InChI is InChI=1S/C15H13N3O/c1-9-13(15(16)19)12-6-2-5-11(14(12)18-9)10-4-3-7-17-8-10/h2-8,18H,1H3,(H2,16,19). The zero-order valence-corrected chi connectivity index (χ0v) is 10.5. The van der Waals surface area contributed by atoms with Crippen LogP contribution in [-0.2, 0) is 0 Å². The van der Waals surface area contributed by atoms with Gasteiger partial charge in [-0.05, 0) is 13.0 Å². The van der Waals surface area contributed by atoms with Gasteiger partial charge < -0.3 is 10.7 Å². The number of nitrogens with two attached hydrogens (primary N) is 1. The zero-order chi connectivity index (χ0) is 13.4. The lowest BCUT2D eigenvalue weighted by Gasteiger charge is -2.03. The molecular weight excluding hydrogens is 238 g/mol. The normalized spacial score (nSPS) is 10.8. The lowest BCUT2D eigenvalue weighted by Crippen LogP contribution is -2.11. The summed E-state index contributed by atoms with van der Waals surface area (Å²) < 4.78 is 0. The van der Waals surface area contributed by atoms with Crippen molar-refractivity contribution in [2.24, 2.45) is 5.73 Å². The molecule has 1 aromatic carbocycles. The molecule has 2 heterocycles. The quantitative estimate of drug-likeness (QED) is 0.735. The van der Waals surface area contributed by atoms with Gasteiger partial charge in [0.25, 0.3) is 5.91 Å². The summed E-state index contributed by atoms with van der Waals surface area (Å²) in [6.07, 6.45) is 3.54. The average molecular weight is 251 g/mol. The number of nitrogens with one attached hydrogen (secondary N) is 1. The van der Waals surface area contributed by atoms with Crippen molar-refractivity contribution in [2.75, 3.05) is 0 Å². The second-order valence-electron chi connectivity index (χ2n) is 4.46. The Morgan fingerprint density at radius 3 is 2.79 bits per heavy atom. The number of aryl methyl sites for hydroxylation is 1. The Morgan fingerprint density at radius 1 is 1.26 bits per heavy atom. The predicted octanol–water partition coefficient (Wildman–Crippen LogP) is 2.64. The molecule has 1 amide bonds. The van der Waals surface area contributed by atoms with Crippen LogP contribution in [0.2, 0.25) is 0 Å². The van der Waals surface area contributed by atoms with Crippen molar-refractivity contribution >= 4 is 16.8 Å². The van der Waals surface area contributed by atoms with Gasteiger partial charge in [0.05, 0.1) is 11.1 Å². The molecule has 0 spiro atoms. The molecule has 19 heavy (non-hydrogen) atoms. The van der Waals surface area contributed by atoms with Gasteiger partial charge in [-0.25, -0.2) is 0 Å². The van der Waals surface area contributed by atoms with E-state index in [0.717, 1.165) is 27.7 Å². The summed E-state index contributed by atoms with van der Waals surface area (Å²) in [5.41, 5.74) is 9.73. The molecule has 3 aromatic rings. The number of aromatic amines is 1.